The Balaban J connectivity index is 2.28. The Labute approximate surface area is 109 Å². The Morgan fingerprint density at radius 3 is 2.83 bits per heavy atom. The first-order valence-electron chi connectivity index (χ1n) is 6.61. The van der Waals surface area contributed by atoms with Crippen LogP contribution in [0.25, 0.3) is 0 Å². The van der Waals surface area contributed by atoms with Crippen LogP contribution >= 0.6 is 0 Å². The zero-order valence-electron chi connectivity index (χ0n) is 10.9. The summed E-state index contributed by atoms with van der Waals surface area (Å²) in [5.74, 6) is 0.781. The number of benzene rings is 1. The number of nitrogens with two attached hydrogens (primary N) is 1. The minimum absolute atomic E-state index is 0.291. The van der Waals surface area contributed by atoms with Gasteiger partial charge in [0.1, 0.15) is 0 Å². The van der Waals surface area contributed by atoms with E-state index in [0.717, 1.165) is 31.2 Å². The van der Waals surface area contributed by atoms with Gasteiger partial charge in [0.15, 0.2) is 9.84 Å². The Bertz CT molecular complexity index is 519. The summed E-state index contributed by atoms with van der Waals surface area (Å²) in [7, 11) is -3.02. The van der Waals surface area contributed by atoms with Gasteiger partial charge in [0.25, 0.3) is 0 Å². The average molecular weight is 267 g/mol. The van der Waals surface area contributed by atoms with Crippen LogP contribution in [0.4, 0.5) is 0 Å². The van der Waals surface area contributed by atoms with E-state index in [1.165, 1.54) is 5.56 Å². The molecular weight excluding hydrogens is 246 g/mol. The molecule has 0 spiro atoms. The van der Waals surface area contributed by atoms with Crippen molar-refractivity contribution in [1.29, 1.82) is 0 Å². The highest BCUT2D eigenvalue weighted by atomic mass is 32.2. The third-order valence-electron chi connectivity index (χ3n) is 3.75. The van der Waals surface area contributed by atoms with Crippen LogP contribution in [0, 0.1) is 5.92 Å². The molecule has 3 nitrogen and oxygen atoms in total. The maximum absolute atomic E-state index is 11.9. The van der Waals surface area contributed by atoms with E-state index in [1.807, 2.05) is 6.07 Å². The topological polar surface area (TPSA) is 60.2 Å². The van der Waals surface area contributed by atoms with Crippen LogP contribution in [0.3, 0.4) is 0 Å². The Kier molecular flexibility index (Phi) is 4.07. The highest BCUT2D eigenvalue weighted by Crippen LogP contribution is 2.26. The van der Waals surface area contributed by atoms with Gasteiger partial charge in [-0.1, -0.05) is 25.5 Å². The molecule has 0 saturated carbocycles. The predicted molar refractivity (Wildman–Crippen MR) is 73.4 cm³/mol. The van der Waals surface area contributed by atoms with Gasteiger partial charge in [0.05, 0.1) is 10.6 Å². The predicted octanol–water partition coefficient (Wildman–Crippen LogP) is 1.93. The van der Waals surface area contributed by atoms with Gasteiger partial charge in [-0.3, -0.25) is 0 Å². The van der Waals surface area contributed by atoms with Gasteiger partial charge in [-0.2, -0.15) is 0 Å². The number of aryl methyl sites for hydroxylation is 1. The standard InChI is InChI=1S/C14H21NO2S/c1-2-11(10-15)8-12-5-6-14-13(9-12)4-3-7-18(14,16)17/h5-6,9,11H,2-4,7-8,10,15H2,1H3. The molecule has 0 fully saturated rings. The third-order valence-corrected chi connectivity index (χ3v) is 5.65. The lowest BCUT2D eigenvalue weighted by Crippen LogP contribution is -2.18. The first kappa shape index (κ1) is 13.6. The highest BCUT2D eigenvalue weighted by molar-refractivity contribution is 7.91. The van der Waals surface area contributed by atoms with Gasteiger partial charge in [-0.25, -0.2) is 8.42 Å². The molecule has 2 N–H and O–H groups in total. The molecule has 1 aliphatic rings. The molecule has 18 heavy (non-hydrogen) atoms. The molecule has 1 unspecified atom stereocenters. The van der Waals surface area contributed by atoms with Crippen LogP contribution in [0.1, 0.15) is 30.9 Å². The van der Waals surface area contributed by atoms with Crippen LogP contribution < -0.4 is 5.73 Å². The second-order valence-corrected chi connectivity index (χ2v) is 7.16. The maximum Gasteiger partial charge on any atom is 0.178 e. The molecule has 1 aromatic carbocycles. The van der Waals surface area contributed by atoms with Crippen LogP contribution in [-0.4, -0.2) is 20.7 Å². The summed E-state index contributed by atoms with van der Waals surface area (Å²) in [6.45, 7) is 2.83. The quantitative estimate of drug-likeness (QED) is 0.907. The van der Waals surface area contributed by atoms with Gasteiger partial charge in [-0.05, 0) is 48.9 Å². The smallest absolute Gasteiger partial charge is 0.178 e. The fourth-order valence-corrected chi connectivity index (χ4v) is 4.13. The lowest BCUT2D eigenvalue weighted by Gasteiger charge is -2.18. The van der Waals surface area contributed by atoms with E-state index >= 15 is 0 Å². The largest absolute Gasteiger partial charge is 0.330 e. The zero-order valence-corrected chi connectivity index (χ0v) is 11.7. The number of sulfone groups is 1. The summed E-state index contributed by atoms with van der Waals surface area (Å²) in [6.07, 6.45) is 3.63. The normalized spacial score (nSPS) is 19.2. The monoisotopic (exact) mass is 267 g/mol. The van der Waals surface area contributed by atoms with Crippen LogP contribution in [0.2, 0.25) is 0 Å². The van der Waals surface area contributed by atoms with E-state index < -0.39 is 9.84 Å². The van der Waals surface area contributed by atoms with E-state index in [4.69, 9.17) is 5.73 Å². The van der Waals surface area contributed by atoms with Gasteiger partial charge in [-0.15, -0.1) is 0 Å². The SMILES string of the molecule is CCC(CN)Cc1ccc2c(c1)CCCS2(=O)=O. The van der Waals surface area contributed by atoms with Crippen molar-refractivity contribution < 1.29 is 8.42 Å². The maximum atomic E-state index is 11.9. The molecule has 0 aliphatic carbocycles. The second-order valence-electron chi connectivity index (χ2n) is 5.08. The van der Waals surface area contributed by atoms with Crippen molar-refractivity contribution in [3.63, 3.8) is 0 Å². The van der Waals surface area contributed by atoms with E-state index in [9.17, 15) is 8.42 Å². The molecule has 1 heterocycles. The highest BCUT2D eigenvalue weighted by Gasteiger charge is 2.23. The Morgan fingerprint density at radius 1 is 1.39 bits per heavy atom. The molecule has 0 saturated heterocycles. The van der Waals surface area contributed by atoms with Crippen molar-refractivity contribution in [1.82, 2.24) is 0 Å². The Morgan fingerprint density at radius 2 is 2.17 bits per heavy atom. The van der Waals surface area contributed by atoms with Gasteiger partial charge >= 0.3 is 0 Å². The molecule has 0 amide bonds. The van der Waals surface area contributed by atoms with E-state index in [-0.39, 0.29) is 0 Å². The molecule has 1 aliphatic heterocycles. The first-order chi connectivity index (χ1) is 8.56. The molecule has 1 atom stereocenters. The molecule has 2 rings (SSSR count). The van der Waals surface area contributed by atoms with Crippen molar-refractivity contribution in [2.24, 2.45) is 11.7 Å². The average Bonchev–Trinajstić information content (AvgIpc) is 2.35. The minimum atomic E-state index is -3.02. The fourth-order valence-electron chi connectivity index (χ4n) is 2.55. The van der Waals surface area contributed by atoms with Crippen molar-refractivity contribution in [3.05, 3.63) is 29.3 Å². The molecule has 100 valence electrons. The van der Waals surface area contributed by atoms with Crippen molar-refractivity contribution >= 4 is 9.84 Å². The molecule has 0 radical (unpaired) electrons. The number of fused-ring (bicyclic) bond motifs is 1. The van der Waals surface area contributed by atoms with E-state index in [0.29, 0.717) is 23.1 Å². The van der Waals surface area contributed by atoms with Crippen LogP contribution in [0.5, 0.6) is 0 Å². The van der Waals surface area contributed by atoms with Crippen molar-refractivity contribution in [3.8, 4) is 0 Å². The van der Waals surface area contributed by atoms with Gasteiger partial charge < -0.3 is 5.73 Å². The van der Waals surface area contributed by atoms with Crippen molar-refractivity contribution in [2.45, 2.75) is 37.5 Å². The van der Waals surface area contributed by atoms with E-state index in [2.05, 4.69) is 13.0 Å². The molecule has 0 bridgehead atoms. The minimum Gasteiger partial charge on any atom is -0.330 e. The Hall–Kier alpha value is -0.870. The second kappa shape index (κ2) is 5.41. The molecule has 0 aromatic heterocycles. The summed E-state index contributed by atoms with van der Waals surface area (Å²) in [4.78, 5) is 0.540. The molecular formula is C14H21NO2S. The number of hydrogen-bond donors (Lipinski definition) is 1. The summed E-state index contributed by atoms with van der Waals surface area (Å²) in [5.41, 5.74) is 7.92. The third kappa shape index (κ3) is 2.75. The lowest BCUT2D eigenvalue weighted by atomic mass is 9.95. The molecule has 4 heteroatoms. The number of rotatable bonds is 4. The number of hydrogen-bond acceptors (Lipinski definition) is 3. The van der Waals surface area contributed by atoms with Crippen molar-refractivity contribution in [2.75, 3.05) is 12.3 Å². The summed E-state index contributed by atoms with van der Waals surface area (Å²) in [5, 5.41) is 0. The van der Waals surface area contributed by atoms with Gasteiger partial charge in [0, 0.05) is 0 Å². The van der Waals surface area contributed by atoms with E-state index in [1.54, 1.807) is 6.07 Å². The lowest BCUT2D eigenvalue weighted by molar-refractivity contribution is 0.518. The summed E-state index contributed by atoms with van der Waals surface area (Å²) >= 11 is 0. The van der Waals surface area contributed by atoms with Gasteiger partial charge in [0.2, 0.25) is 0 Å². The summed E-state index contributed by atoms with van der Waals surface area (Å²) < 4.78 is 23.8. The molecule has 1 aromatic rings. The van der Waals surface area contributed by atoms with Crippen LogP contribution in [0.15, 0.2) is 23.1 Å². The first-order valence-corrected chi connectivity index (χ1v) is 8.26. The van der Waals surface area contributed by atoms with Crippen LogP contribution in [-0.2, 0) is 22.7 Å². The zero-order chi connectivity index (χ0) is 13.2. The fraction of sp³-hybridized carbons (Fsp3) is 0.571. The summed E-state index contributed by atoms with van der Waals surface area (Å²) in [6, 6.07) is 5.78.